The first-order chi connectivity index (χ1) is 9.31. The lowest BCUT2D eigenvalue weighted by Gasteiger charge is -2.07. The summed E-state index contributed by atoms with van der Waals surface area (Å²) in [5.41, 5.74) is 0.884. The highest BCUT2D eigenvalue weighted by molar-refractivity contribution is 5.32. The fraction of sp³-hybridized carbons (Fsp3) is 0.286. The Morgan fingerprint density at radius 3 is 2.63 bits per heavy atom. The van der Waals surface area contributed by atoms with Gasteiger partial charge in [-0.05, 0) is 12.1 Å². The summed E-state index contributed by atoms with van der Waals surface area (Å²) in [6.07, 6.45) is 2.18. The largest absolute Gasteiger partial charge is 0.497 e. The van der Waals surface area contributed by atoms with Crippen molar-refractivity contribution in [1.82, 2.24) is 9.97 Å². The smallest absolute Gasteiger partial charge is 0.216 e. The van der Waals surface area contributed by atoms with Gasteiger partial charge in [-0.1, -0.05) is 6.07 Å². The lowest BCUT2D eigenvalue weighted by molar-refractivity contribution is 0.317. The highest BCUT2D eigenvalue weighted by Gasteiger charge is 2.00. The topological polar surface area (TPSA) is 53.5 Å². The van der Waals surface area contributed by atoms with E-state index >= 15 is 0 Å². The predicted molar refractivity (Wildman–Crippen MR) is 70.8 cm³/mol. The molecule has 0 bridgehead atoms. The average Bonchev–Trinajstić information content (AvgIpc) is 2.48. The van der Waals surface area contributed by atoms with E-state index in [-0.39, 0.29) is 0 Å². The van der Waals surface area contributed by atoms with E-state index in [1.165, 1.54) is 6.33 Å². The van der Waals surface area contributed by atoms with Crippen LogP contribution >= 0.6 is 0 Å². The third-order valence-corrected chi connectivity index (χ3v) is 2.58. The molecule has 19 heavy (non-hydrogen) atoms. The van der Waals surface area contributed by atoms with Gasteiger partial charge in [0.15, 0.2) is 0 Å². The van der Waals surface area contributed by atoms with Gasteiger partial charge in [-0.3, -0.25) is 0 Å². The zero-order valence-electron chi connectivity index (χ0n) is 11.0. The highest BCUT2D eigenvalue weighted by Crippen LogP contribution is 2.19. The van der Waals surface area contributed by atoms with Crippen molar-refractivity contribution in [2.45, 2.75) is 6.42 Å². The molecule has 1 aromatic carbocycles. The molecule has 0 saturated heterocycles. The molecular formula is C14H16N2O3. The van der Waals surface area contributed by atoms with Gasteiger partial charge < -0.3 is 14.2 Å². The van der Waals surface area contributed by atoms with Crippen molar-refractivity contribution < 1.29 is 14.2 Å². The Morgan fingerprint density at radius 2 is 1.84 bits per heavy atom. The van der Waals surface area contributed by atoms with Crippen LogP contribution in [0.25, 0.3) is 0 Å². The minimum Gasteiger partial charge on any atom is -0.497 e. The molecule has 100 valence electrons. The molecule has 0 spiro atoms. The lowest BCUT2D eigenvalue weighted by Crippen LogP contribution is -2.03. The van der Waals surface area contributed by atoms with Gasteiger partial charge in [-0.2, -0.15) is 0 Å². The van der Waals surface area contributed by atoms with Crippen LogP contribution in [-0.4, -0.2) is 30.8 Å². The third-order valence-electron chi connectivity index (χ3n) is 2.58. The molecule has 5 heteroatoms. The lowest BCUT2D eigenvalue weighted by atomic mass is 10.3. The zero-order chi connectivity index (χ0) is 13.5. The van der Waals surface area contributed by atoms with Crippen molar-refractivity contribution >= 4 is 0 Å². The molecule has 0 N–H and O–H groups in total. The second-order valence-corrected chi connectivity index (χ2v) is 3.83. The van der Waals surface area contributed by atoms with Crippen LogP contribution in [0.5, 0.6) is 17.4 Å². The maximum atomic E-state index is 5.64. The van der Waals surface area contributed by atoms with Gasteiger partial charge >= 0.3 is 0 Å². The standard InChI is InChI=1S/C14H16N2O3/c1-17-12-4-3-5-13(9-12)19-7-6-11-8-14(18-2)16-10-15-11/h3-5,8-10H,6-7H2,1-2H3. The summed E-state index contributed by atoms with van der Waals surface area (Å²) in [5.74, 6) is 2.12. The van der Waals surface area contributed by atoms with Crippen molar-refractivity contribution in [2.75, 3.05) is 20.8 Å². The van der Waals surface area contributed by atoms with Gasteiger partial charge in [-0.25, -0.2) is 9.97 Å². The quantitative estimate of drug-likeness (QED) is 0.796. The second-order valence-electron chi connectivity index (χ2n) is 3.83. The Bertz CT molecular complexity index is 484. The first-order valence-corrected chi connectivity index (χ1v) is 5.93. The summed E-state index contributed by atoms with van der Waals surface area (Å²) in [4.78, 5) is 8.11. The first kappa shape index (κ1) is 13.1. The summed E-state index contributed by atoms with van der Waals surface area (Å²) >= 11 is 0. The Hall–Kier alpha value is -2.30. The van der Waals surface area contributed by atoms with Crippen LogP contribution in [0.4, 0.5) is 0 Å². The van der Waals surface area contributed by atoms with E-state index < -0.39 is 0 Å². The van der Waals surface area contributed by atoms with E-state index in [1.54, 1.807) is 20.3 Å². The van der Waals surface area contributed by atoms with Gasteiger partial charge in [0.05, 0.1) is 26.5 Å². The number of nitrogens with zero attached hydrogens (tertiary/aromatic N) is 2. The maximum absolute atomic E-state index is 5.64. The molecule has 5 nitrogen and oxygen atoms in total. The first-order valence-electron chi connectivity index (χ1n) is 5.93. The molecular weight excluding hydrogens is 244 g/mol. The normalized spacial score (nSPS) is 10.0. The van der Waals surface area contributed by atoms with Crippen molar-refractivity contribution in [1.29, 1.82) is 0 Å². The number of hydrogen-bond donors (Lipinski definition) is 0. The Kier molecular flexibility index (Phi) is 4.55. The van der Waals surface area contributed by atoms with Crippen LogP contribution < -0.4 is 14.2 Å². The van der Waals surface area contributed by atoms with Gasteiger partial charge in [0.1, 0.15) is 17.8 Å². The van der Waals surface area contributed by atoms with Crippen LogP contribution in [0.2, 0.25) is 0 Å². The van der Waals surface area contributed by atoms with Gasteiger partial charge in [-0.15, -0.1) is 0 Å². The van der Waals surface area contributed by atoms with Crippen LogP contribution in [0.1, 0.15) is 5.69 Å². The number of hydrogen-bond acceptors (Lipinski definition) is 5. The molecule has 0 radical (unpaired) electrons. The van der Waals surface area contributed by atoms with Crippen molar-refractivity contribution in [3.05, 3.63) is 42.4 Å². The minimum absolute atomic E-state index is 0.535. The molecule has 0 aliphatic carbocycles. The zero-order valence-corrected chi connectivity index (χ0v) is 11.0. The van der Waals surface area contributed by atoms with E-state index in [0.717, 1.165) is 17.2 Å². The molecule has 0 unspecified atom stereocenters. The summed E-state index contributed by atoms with van der Waals surface area (Å²) in [6, 6.07) is 9.31. The SMILES string of the molecule is COc1cccc(OCCc2cc(OC)ncn2)c1. The van der Waals surface area contributed by atoms with Crippen LogP contribution in [0.15, 0.2) is 36.7 Å². The summed E-state index contributed by atoms with van der Waals surface area (Å²) in [5, 5.41) is 0. The summed E-state index contributed by atoms with van der Waals surface area (Å²) in [6.45, 7) is 0.535. The molecule has 0 amide bonds. The Morgan fingerprint density at radius 1 is 1.00 bits per heavy atom. The molecule has 1 heterocycles. The van der Waals surface area contributed by atoms with E-state index in [2.05, 4.69) is 9.97 Å². The summed E-state index contributed by atoms with van der Waals surface area (Å²) < 4.78 is 15.8. The molecule has 0 saturated carbocycles. The van der Waals surface area contributed by atoms with E-state index in [9.17, 15) is 0 Å². The van der Waals surface area contributed by atoms with Crippen LogP contribution in [0, 0.1) is 0 Å². The molecule has 2 rings (SSSR count). The van der Waals surface area contributed by atoms with E-state index in [0.29, 0.717) is 18.9 Å². The Labute approximate surface area is 112 Å². The number of benzene rings is 1. The third kappa shape index (κ3) is 3.84. The van der Waals surface area contributed by atoms with Crippen LogP contribution in [-0.2, 0) is 6.42 Å². The van der Waals surface area contributed by atoms with Crippen LogP contribution in [0.3, 0.4) is 0 Å². The fourth-order valence-electron chi connectivity index (χ4n) is 1.59. The fourth-order valence-corrected chi connectivity index (χ4v) is 1.59. The second kappa shape index (κ2) is 6.58. The van der Waals surface area contributed by atoms with Crippen molar-refractivity contribution in [3.63, 3.8) is 0 Å². The predicted octanol–water partition coefficient (Wildman–Crippen LogP) is 2.12. The molecule has 1 aromatic heterocycles. The van der Waals surface area contributed by atoms with Gasteiger partial charge in [0.2, 0.25) is 5.88 Å². The molecule has 0 aliphatic heterocycles. The van der Waals surface area contributed by atoms with Crippen molar-refractivity contribution in [3.8, 4) is 17.4 Å². The Balaban J connectivity index is 1.88. The minimum atomic E-state index is 0.535. The van der Waals surface area contributed by atoms with Gasteiger partial charge in [0, 0.05) is 18.6 Å². The van der Waals surface area contributed by atoms with Crippen molar-refractivity contribution in [2.24, 2.45) is 0 Å². The monoisotopic (exact) mass is 260 g/mol. The molecule has 0 atom stereocenters. The summed E-state index contributed by atoms with van der Waals surface area (Å²) in [7, 11) is 3.21. The average molecular weight is 260 g/mol. The van der Waals surface area contributed by atoms with Gasteiger partial charge in [0.25, 0.3) is 0 Å². The number of rotatable bonds is 6. The molecule has 0 fully saturated rings. The maximum Gasteiger partial charge on any atom is 0.216 e. The highest BCUT2D eigenvalue weighted by atomic mass is 16.5. The van der Waals surface area contributed by atoms with E-state index in [4.69, 9.17) is 14.2 Å². The van der Waals surface area contributed by atoms with E-state index in [1.807, 2.05) is 24.3 Å². The number of aromatic nitrogens is 2. The number of methoxy groups -OCH3 is 2. The molecule has 0 aliphatic rings. The molecule has 2 aromatic rings. The number of ether oxygens (including phenoxy) is 3.